The van der Waals surface area contributed by atoms with Gasteiger partial charge in [0.2, 0.25) is 0 Å². The number of hydrogen-bond donors (Lipinski definition) is 2. The van der Waals surface area contributed by atoms with Crippen LogP contribution in [0.1, 0.15) is 5.56 Å². The van der Waals surface area contributed by atoms with E-state index in [0.29, 0.717) is 9.79 Å². The van der Waals surface area contributed by atoms with Gasteiger partial charge in [0.25, 0.3) is 0 Å². The van der Waals surface area contributed by atoms with E-state index in [1.165, 1.54) is 24.3 Å². The van der Waals surface area contributed by atoms with Crippen molar-refractivity contribution >= 4 is 17.6 Å². The summed E-state index contributed by atoms with van der Waals surface area (Å²) in [6.07, 6.45) is 0. The van der Waals surface area contributed by atoms with Gasteiger partial charge in [0.15, 0.2) is 0 Å². The molecule has 0 spiro atoms. The fraction of sp³-hybridized carbons (Fsp3) is 0. The van der Waals surface area contributed by atoms with Crippen LogP contribution in [0.5, 0.6) is 0 Å². The molecule has 2 aromatic carbocycles. The second-order valence-corrected chi connectivity index (χ2v) is 4.67. The molecule has 0 aromatic heterocycles. The topological polar surface area (TPSA) is 49.9 Å². The van der Waals surface area contributed by atoms with E-state index in [2.05, 4.69) is 0 Å². The van der Waals surface area contributed by atoms with Crippen LogP contribution in [0.4, 0.5) is 8.78 Å². The van der Waals surface area contributed by atoms with Gasteiger partial charge < -0.3 is 5.73 Å². The van der Waals surface area contributed by atoms with Crippen LogP contribution in [-0.4, -0.2) is 5.84 Å². The predicted molar refractivity (Wildman–Crippen MR) is 67.9 cm³/mol. The molecule has 2 rings (SSSR count). The number of amidine groups is 1. The molecular formula is C13H10F2N2S. The van der Waals surface area contributed by atoms with E-state index in [1.54, 1.807) is 18.2 Å². The Kier molecular flexibility index (Phi) is 3.62. The standard InChI is InChI=1S/C13H10F2N2S/c14-8-5-6-11(9(7-8)13(16)17)18-12-4-2-1-3-10(12)15/h1-7H,(H3,16,17). The lowest BCUT2D eigenvalue weighted by Crippen LogP contribution is -2.12. The van der Waals surface area contributed by atoms with Gasteiger partial charge in [-0.15, -0.1) is 0 Å². The Morgan fingerprint density at radius 1 is 1.06 bits per heavy atom. The average Bonchev–Trinajstić information content (AvgIpc) is 2.34. The molecule has 0 saturated carbocycles. The summed E-state index contributed by atoms with van der Waals surface area (Å²) >= 11 is 1.12. The van der Waals surface area contributed by atoms with E-state index in [4.69, 9.17) is 11.1 Å². The predicted octanol–water partition coefficient (Wildman–Crippen LogP) is 3.40. The summed E-state index contributed by atoms with van der Waals surface area (Å²) in [5.41, 5.74) is 5.65. The molecule has 92 valence electrons. The molecule has 0 unspecified atom stereocenters. The Balaban J connectivity index is 2.41. The highest BCUT2D eigenvalue weighted by Crippen LogP contribution is 2.32. The van der Waals surface area contributed by atoms with Crippen LogP contribution in [0.3, 0.4) is 0 Å². The summed E-state index contributed by atoms with van der Waals surface area (Å²) in [6.45, 7) is 0. The summed E-state index contributed by atoms with van der Waals surface area (Å²) in [4.78, 5) is 0.959. The molecule has 0 aliphatic rings. The summed E-state index contributed by atoms with van der Waals surface area (Å²) in [5, 5.41) is 7.40. The monoisotopic (exact) mass is 264 g/mol. The van der Waals surface area contributed by atoms with Gasteiger partial charge in [0.05, 0.1) is 0 Å². The Morgan fingerprint density at radius 3 is 2.44 bits per heavy atom. The molecule has 5 heteroatoms. The van der Waals surface area contributed by atoms with Gasteiger partial charge in [0, 0.05) is 15.4 Å². The van der Waals surface area contributed by atoms with Gasteiger partial charge in [0.1, 0.15) is 17.5 Å². The first-order valence-corrected chi connectivity index (χ1v) is 5.96. The number of benzene rings is 2. The van der Waals surface area contributed by atoms with E-state index in [0.717, 1.165) is 11.8 Å². The average molecular weight is 264 g/mol. The molecule has 2 nitrogen and oxygen atoms in total. The van der Waals surface area contributed by atoms with Gasteiger partial charge in [-0.25, -0.2) is 8.78 Å². The zero-order valence-electron chi connectivity index (χ0n) is 9.28. The number of hydrogen-bond acceptors (Lipinski definition) is 2. The quantitative estimate of drug-likeness (QED) is 0.659. The fourth-order valence-electron chi connectivity index (χ4n) is 1.45. The third-order valence-corrected chi connectivity index (χ3v) is 3.42. The van der Waals surface area contributed by atoms with E-state index in [-0.39, 0.29) is 17.2 Å². The lowest BCUT2D eigenvalue weighted by atomic mass is 10.2. The maximum absolute atomic E-state index is 13.5. The van der Waals surface area contributed by atoms with Gasteiger partial charge >= 0.3 is 0 Å². The molecule has 0 radical (unpaired) electrons. The summed E-state index contributed by atoms with van der Waals surface area (Å²) < 4.78 is 26.6. The molecule has 0 heterocycles. The van der Waals surface area contributed by atoms with E-state index in [9.17, 15) is 8.78 Å². The Labute approximate surface area is 107 Å². The van der Waals surface area contributed by atoms with Gasteiger partial charge in [-0.05, 0) is 30.3 Å². The normalized spacial score (nSPS) is 10.3. The first kappa shape index (κ1) is 12.6. The van der Waals surface area contributed by atoms with Crippen LogP contribution >= 0.6 is 11.8 Å². The number of halogens is 2. The number of nitrogens with two attached hydrogens (primary N) is 1. The van der Waals surface area contributed by atoms with Crippen molar-refractivity contribution < 1.29 is 8.78 Å². The zero-order chi connectivity index (χ0) is 13.1. The number of nitrogen functional groups attached to an aromatic ring is 1. The highest BCUT2D eigenvalue weighted by molar-refractivity contribution is 7.99. The second kappa shape index (κ2) is 5.18. The number of rotatable bonds is 3. The van der Waals surface area contributed by atoms with Gasteiger partial charge in [-0.1, -0.05) is 23.9 Å². The minimum absolute atomic E-state index is 0.242. The van der Waals surface area contributed by atoms with Crippen molar-refractivity contribution in [2.75, 3.05) is 0 Å². The first-order chi connectivity index (χ1) is 8.58. The van der Waals surface area contributed by atoms with Crippen molar-refractivity contribution in [1.82, 2.24) is 0 Å². The van der Waals surface area contributed by atoms with E-state index >= 15 is 0 Å². The van der Waals surface area contributed by atoms with Crippen molar-refractivity contribution in [3.63, 3.8) is 0 Å². The van der Waals surface area contributed by atoms with Crippen LogP contribution in [-0.2, 0) is 0 Å². The summed E-state index contributed by atoms with van der Waals surface area (Å²) in [5.74, 6) is -1.08. The first-order valence-electron chi connectivity index (χ1n) is 5.14. The maximum atomic E-state index is 13.5. The molecular weight excluding hydrogens is 254 g/mol. The minimum Gasteiger partial charge on any atom is -0.384 e. The van der Waals surface area contributed by atoms with E-state index < -0.39 is 5.82 Å². The molecule has 0 fully saturated rings. The minimum atomic E-state index is -0.474. The molecule has 0 saturated heterocycles. The van der Waals surface area contributed by atoms with E-state index in [1.807, 2.05) is 0 Å². The van der Waals surface area contributed by atoms with Crippen molar-refractivity contribution in [2.24, 2.45) is 5.73 Å². The molecule has 0 amide bonds. The van der Waals surface area contributed by atoms with Crippen LogP contribution in [0.15, 0.2) is 52.3 Å². The highest BCUT2D eigenvalue weighted by atomic mass is 32.2. The van der Waals surface area contributed by atoms with Crippen molar-refractivity contribution in [3.8, 4) is 0 Å². The molecule has 0 aliphatic carbocycles. The third kappa shape index (κ3) is 2.68. The van der Waals surface area contributed by atoms with Crippen LogP contribution in [0.25, 0.3) is 0 Å². The van der Waals surface area contributed by atoms with Crippen molar-refractivity contribution in [2.45, 2.75) is 9.79 Å². The molecule has 18 heavy (non-hydrogen) atoms. The Hall–Kier alpha value is -1.88. The smallest absolute Gasteiger partial charge is 0.137 e. The Morgan fingerprint density at radius 2 is 1.78 bits per heavy atom. The highest BCUT2D eigenvalue weighted by Gasteiger charge is 2.10. The zero-order valence-corrected chi connectivity index (χ0v) is 10.1. The number of nitrogens with one attached hydrogen (secondary N) is 1. The van der Waals surface area contributed by atoms with Crippen LogP contribution in [0, 0.1) is 17.0 Å². The molecule has 3 N–H and O–H groups in total. The SMILES string of the molecule is N=C(N)c1cc(F)ccc1Sc1ccccc1F. The maximum Gasteiger partial charge on any atom is 0.137 e. The molecule has 0 bridgehead atoms. The largest absolute Gasteiger partial charge is 0.384 e. The fourth-order valence-corrected chi connectivity index (χ4v) is 2.41. The van der Waals surface area contributed by atoms with Crippen molar-refractivity contribution in [1.29, 1.82) is 5.41 Å². The second-order valence-electron chi connectivity index (χ2n) is 3.59. The van der Waals surface area contributed by atoms with Crippen LogP contribution < -0.4 is 5.73 Å². The van der Waals surface area contributed by atoms with Crippen molar-refractivity contribution in [3.05, 3.63) is 59.7 Å². The Bertz CT molecular complexity index is 599. The third-order valence-electron chi connectivity index (χ3n) is 2.29. The summed E-state index contributed by atoms with van der Waals surface area (Å²) in [7, 11) is 0. The molecule has 2 aromatic rings. The van der Waals surface area contributed by atoms with Gasteiger partial charge in [-0.2, -0.15) is 0 Å². The lowest BCUT2D eigenvalue weighted by Gasteiger charge is -2.08. The molecule has 0 atom stereocenters. The summed E-state index contributed by atoms with van der Waals surface area (Å²) in [6, 6.07) is 10.2. The van der Waals surface area contributed by atoms with Crippen LogP contribution in [0.2, 0.25) is 0 Å². The lowest BCUT2D eigenvalue weighted by molar-refractivity contribution is 0.602. The van der Waals surface area contributed by atoms with Gasteiger partial charge in [-0.3, -0.25) is 5.41 Å². The molecule has 0 aliphatic heterocycles.